The van der Waals surface area contributed by atoms with Crippen LogP contribution in [0.3, 0.4) is 0 Å². The van der Waals surface area contributed by atoms with Gasteiger partial charge in [0.15, 0.2) is 5.76 Å². The number of allylic oxidation sites excluding steroid dienone is 1. The van der Waals surface area contributed by atoms with Crippen LogP contribution in [0, 0.1) is 0 Å². The first kappa shape index (κ1) is 14.4. The van der Waals surface area contributed by atoms with Crippen LogP contribution < -0.4 is 10.1 Å². The molecule has 22 heavy (non-hydrogen) atoms. The Labute approximate surface area is 129 Å². The van der Waals surface area contributed by atoms with E-state index in [1.165, 1.54) is 0 Å². The van der Waals surface area contributed by atoms with Crippen molar-refractivity contribution in [3.63, 3.8) is 0 Å². The molecular formula is C18H19NO3. The monoisotopic (exact) mass is 297 g/mol. The van der Waals surface area contributed by atoms with E-state index in [0.29, 0.717) is 24.2 Å². The molecule has 1 heterocycles. The molecule has 1 aromatic heterocycles. The lowest BCUT2D eigenvalue weighted by atomic mass is 10.1. The van der Waals surface area contributed by atoms with Gasteiger partial charge in [-0.15, -0.1) is 6.58 Å². The van der Waals surface area contributed by atoms with Crippen LogP contribution in [0.15, 0.2) is 53.5 Å². The van der Waals surface area contributed by atoms with Gasteiger partial charge >= 0.3 is 0 Å². The summed E-state index contributed by atoms with van der Waals surface area (Å²) in [5.74, 6) is 1.63. The largest absolute Gasteiger partial charge is 0.485 e. The molecule has 1 aliphatic carbocycles. The van der Waals surface area contributed by atoms with Crippen molar-refractivity contribution < 1.29 is 13.9 Å². The molecule has 114 valence electrons. The molecule has 1 aromatic carbocycles. The third-order valence-electron chi connectivity index (χ3n) is 3.50. The topological polar surface area (TPSA) is 51.5 Å². The zero-order valence-corrected chi connectivity index (χ0v) is 12.4. The standard InChI is InChI=1S/C18H19NO3/c1-2-5-13-6-3-4-7-16(13)21-12-15-10-11-17(22-15)18(20)19-14-8-9-14/h2-4,6-7,10-11,14H,1,5,8-9,12H2,(H,19,20). The Morgan fingerprint density at radius 2 is 2.14 bits per heavy atom. The van der Waals surface area contributed by atoms with Crippen LogP contribution in [0.5, 0.6) is 5.75 Å². The number of carbonyl (C=O) groups is 1. The Kier molecular flexibility index (Phi) is 4.28. The molecule has 1 aliphatic rings. The maximum Gasteiger partial charge on any atom is 0.287 e. The van der Waals surface area contributed by atoms with Crippen LogP contribution in [0.4, 0.5) is 0 Å². The number of furan rings is 1. The summed E-state index contributed by atoms with van der Waals surface area (Å²) in [7, 11) is 0. The van der Waals surface area contributed by atoms with Gasteiger partial charge in [0.2, 0.25) is 0 Å². The van der Waals surface area contributed by atoms with Gasteiger partial charge in [0, 0.05) is 6.04 Å². The molecule has 0 atom stereocenters. The van der Waals surface area contributed by atoms with Crippen molar-refractivity contribution in [3.8, 4) is 5.75 Å². The second-order valence-electron chi connectivity index (χ2n) is 5.40. The summed E-state index contributed by atoms with van der Waals surface area (Å²) < 4.78 is 11.3. The number of benzene rings is 1. The molecule has 0 spiro atoms. The van der Waals surface area contributed by atoms with E-state index < -0.39 is 0 Å². The van der Waals surface area contributed by atoms with E-state index in [-0.39, 0.29) is 5.91 Å². The normalized spacial score (nSPS) is 13.6. The van der Waals surface area contributed by atoms with E-state index in [1.54, 1.807) is 12.1 Å². The van der Waals surface area contributed by atoms with Crippen molar-refractivity contribution in [1.29, 1.82) is 0 Å². The Morgan fingerprint density at radius 1 is 1.32 bits per heavy atom. The average Bonchev–Trinajstić information content (AvgIpc) is 3.21. The van der Waals surface area contributed by atoms with Crippen molar-refractivity contribution >= 4 is 5.91 Å². The molecule has 0 radical (unpaired) electrons. The Morgan fingerprint density at radius 3 is 2.91 bits per heavy atom. The number of hydrogen-bond acceptors (Lipinski definition) is 3. The zero-order chi connectivity index (χ0) is 15.4. The van der Waals surface area contributed by atoms with Crippen LogP contribution >= 0.6 is 0 Å². The van der Waals surface area contributed by atoms with Crippen molar-refractivity contribution in [2.45, 2.75) is 31.9 Å². The summed E-state index contributed by atoms with van der Waals surface area (Å²) in [5.41, 5.74) is 1.08. The highest BCUT2D eigenvalue weighted by molar-refractivity contribution is 5.91. The fraction of sp³-hybridized carbons (Fsp3) is 0.278. The van der Waals surface area contributed by atoms with Gasteiger partial charge in [-0.05, 0) is 43.0 Å². The SMILES string of the molecule is C=CCc1ccccc1OCc1ccc(C(=O)NC2CC2)o1. The summed E-state index contributed by atoms with van der Waals surface area (Å²) in [6.07, 6.45) is 4.71. The first-order valence-corrected chi connectivity index (χ1v) is 7.47. The summed E-state index contributed by atoms with van der Waals surface area (Å²) in [6.45, 7) is 4.04. The highest BCUT2D eigenvalue weighted by Crippen LogP contribution is 2.22. The quantitative estimate of drug-likeness (QED) is 0.796. The molecule has 4 heteroatoms. The molecule has 0 unspecified atom stereocenters. The minimum atomic E-state index is -0.152. The fourth-order valence-electron chi connectivity index (χ4n) is 2.18. The molecule has 2 aromatic rings. The Hall–Kier alpha value is -2.49. The third kappa shape index (κ3) is 3.58. The molecular weight excluding hydrogens is 278 g/mol. The van der Waals surface area contributed by atoms with Crippen LogP contribution in [0.2, 0.25) is 0 Å². The van der Waals surface area contributed by atoms with Crippen molar-refractivity contribution in [2.24, 2.45) is 0 Å². The lowest BCUT2D eigenvalue weighted by molar-refractivity contribution is 0.0919. The van der Waals surface area contributed by atoms with Gasteiger partial charge in [0.05, 0.1) is 0 Å². The van der Waals surface area contributed by atoms with Gasteiger partial charge in [-0.1, -0.05) is 24.3 Å². The summed E-state index contributed by atoms with van der Waals surface area (Å²) >= 11 is 0. The van der Waals surface area contributed by atoms with Gasteiger partial charge in [0.1, 0.15) is 18.1 Å². The molecule has 3 rings (SSSR count). The molecule has 1 N–H and O–H groups in total. The highest BCUT2D eigenvalue weighted by Gasteiger charge is 2.25. The fourth-order valence-corrected chi connectivity index (χ4v) is 2.18. The van der Waals surface area contributed by atoms with Crippen molar-refractivity contribution in [2.75, 3.05) is 0 Å². The lowest BCUT2D eigenvalue weighted by Crippen LogP contribution is -2.24. The maximum atomic E-state index is 11.9. The predicted octanol–water partition coefficient (Wildman–Crippen LogP) is 3.48. The Balaban J connectivity index is 1.60. The summed E-state index contributed by atoms with van der Waals surface area (Å²) in [6, 6.07) is 11.6. The number of nitrogens with one attached hydrogen (secondary N) is 1. The number of hydrogen-bond donors (Lipinski definition) is 1. The van der Waals surface area contributed by atoms with Crippen LogP contribution in [-0.2, 0) is 13.0 Å². The van der Waals surface area contributed by atoms with E-state index in [1.807, 2.05) is 30.3 Å². The van der Waals surface area contributed by atoms with E-state index >= 15 is 0 Å². The lowest BCUT2D eigenvalue weighted by Gasteiger charge is -2.08. The molecule has 0 aliphatic heterocycles. The molecule has 4 nitrogen and oxygen atoms in total. The molecule has 0 saturated heterocycles. The van der Waals surface area contributed by atoms with E-state index in [9.17, 15) is 4.79 Å². The Bertz CT molecular complexity index is 670. The van der Waals surface area contributed by atoms with Crippen LogP contribution in [0.1, 0.15) is 34.7 Å². The van der Waals surface area contributed by atoms with Gasteiger partial charge in [-0.3, -0.25) is 4.79 Å². The van der Waals surface area contributed by atoms with Crippen molar-refractivity contribution in [1.82, 2.24) is 5.32 Å². The van der Waals surface area contributed by atoms with Gasteiger partial charge in [-0.2, -0.15) is 0 Å². The number of rotatable bonds is 7. The number of carbonyl (C=O) groups excluding carboxylic acids is 1. The minimum Gasteiger partial charge on any atom is -0.485 e. The molecule has 1 amide bonds. The minimum absolute atomic E-state index is 0.152. The predicted molar refractivity (Wildman–Crippen MR) is 83.9 cm³/mol. The van der Waals surface area contributed by atoms with Crippen LogP contribution in [-0.4, -0.2) is 11.9 Å². The molecule has 1 saturated carbocycles. The molecule has 1 fully saturated rings. The number of para-hydroxylation sites is 1. The highest BCUT2D eigenvalue weighted by atomic mass is 16.5. The first-order chi connectivity index (χ1) is 10.8. The number of ether oxygens (including phenoxy) is 1. The smallest absolute Gasteiger partial charge is 0.287 e. The summed E-state index contributed by atoms with van der Waals surface area (Å²) in [5, 5.41) is 2.90. The molecule has 0 bridgehead atoms. The second kappa shape index (κ2) is 6.52. The van der Waals surface area contributed by atoms with E-state index in [4.69, 9.17) is 9.15 Å². The van der Waals surface area contributed by atoms with Crippen LogP contribution in [0.25, 0.3) is 0 Å². The zero-order valence-electron chi connectivity index (χ0n) is 12.4. The maximum absolute atomic E-state index is 11.9. The van der Waals surface area contributed by atoms with Gasteiger partial charge in [-0.25, -0.2) is 0 Å². The van der Waals surface area contributed by atoms with Gasteiger partial charge in [0.25, 0.3) is 5.91 Å². The average molecular weight is 297 g/mol. The number of amides is 1. The third-order valence-corrected chi connectivity index (χ3v) is 3.50. The second-order valence-corrected chi connectivity index (χ2v) is 5.40. The van der Waals surface area contributed by atoms with Gasteiger partial charge < -0.3 is 14.5 Å². The summed E-state index contributed by atoms with van der Waals surface area (Å²) in [4.78, 5) is 11.9. The van der Waals surface area contributed by atoms with Crippen molar-refractivity contribution in [3.05, 3.63) is 66.1 Å². The van der Waals surface area contributed by atoms with E-state index in [0.717, 1.165) is 30.6 Å². The first-order valence-electron chi connectivity index (χ1n) is 7.47. The van der Waals surface area contributed by atoms with E-state index in [2.05, 4.69) is 11.9 Å².